The highest BCUT2D eigenvalue weighted by atomic mass is 16.1. The molecule has 0 aliphatic heterocycles. The highest BCUT2D eigenvalue weighted by Crippen LogP contribution is 2.28. The van der Waals surface area contributed by atoms with Crippen molar-refractivity contribution in [2.24, 2.45) is 11.8 Å². The molecule has 14 heavy (non-hydrogen) atoms. The van der Waals surface area contributed by atoms with Crippen LogP contribution in [0.4, 0.5) is 0 Å². The van der Waals surface area contributed by atoms with Gasteiger partial charge in [0, 0.05) is 6.04 Å². The molecule has 0 radical (unpaired) electrons. The first-order chi connectivity index (χ1) is 6.65. The Labute approximate surface area is 85.5 Å². The van der Waals surface area contributed by atoms with E-state index in [2.05, 4.69) is 19.2 Å². The van der Waals surface area contributed by atoms with Gasteiger partial charge in [0.15, 0.2) is 0 Å². The van der Waals surface area contributed by atoms with Gasteiger partial charge in [0.05, 0.1) is 6.07 Å². The Kier molecular flexibility index (Phi) is 3.94. The molecule has 0 aromatic carbocycles. The first kappa shape index (κ1) is 11.0. The van der Waals surface area contributed by atoms with Gasteiger partial charge in [0.25, 0.3) is 0 Å². The lowest BCUT2D eigenvalue weighted by atomic mass is 9.78. The van der Waals surface area contributed by atoms with E-state index in [0.717, 1.165) is 0 Å². The van der Waals surface area contributed by atoms with Crippen LogP contribution in [0.2, 0.25) is 0 Å². The third-order valence-corrected chi connectivity index (χ3v) is 3.11. The quantitative estimate of drug-likeness (QED) is 0.729. The molecule has 1 aliphatic rings. The van der Waals surface area contributed by atoms with Gasteiger partial charge in [-0.3, -0.25) is 4.79 Å². The highest BCUT2D eigenvalue weighted by molar-refractivity contribution is 5.78. The summed E-state index contributed by atoms with van der Waals surface area (Å²) in [6.07, 6.45) is 3.60. The summed E-state index contributed by atoms with van der Waals surface area (Å²) in [5, 5.41) is 11.3. The molecule has 1 amide bonds. The van der Waals surface area contributed by atoms with Crippen LogP contribution >= 0.6 is 0 Å². The fraction of sp³-hybridized carbons (Fsp3) is 0.818. The highest BCUT2D eigenvalue weighted by Gasteiger charge is 2.28. The first-order valence-electron chi connectivity index (χ1n) is 5.31. The maximum atomic E-state index is 11.3. The monoisotopic (exact) mass is 194 g/mol. The largest absolute Gasteiger partial charge is 0.352 e. The second kappa shape index (κ2) is 4.99. The lowest BCUT2D eigenvalue weighted by Crippen LogP contribution is -2.45. The summed E-state index contributed by atoms with van der Waals surface area (Å²) in [4.78, 5) is 11.3. The van der Waals surface area contributed by atoms with E-state index in [1.165, 1.54) is 19.3 Å². The Morgan fingerprint density at radius 1 is 1.43 bits per heavy atom. The lowest BCUT2D eigenvalue weighted by molar-refractivity contribution is -0.121. The number of amides is 1. The second-order valence-corrected chi connectivity index (χ2v) is 4.31. The van der Waals surface area contributed by atoms with E-state index < -0.39 is 0 Å². The van der Waals surface area contributed by atoms with Crippen LogP contribution in [0.5, 0.6) is 0 Å². The molecule has 3 heteroatoms. The molecule has 1 aliphatic carbocycles. The molecule has 0 saturated heterocycles. The standard InChI is InChI=1S/C11H18N2O/c1-8-4-3-5-9(2)11(8)13-10(14)6-7-12/h8-9,11H,3-6H2,1-2H3,(H,13,14). The van der Waals surface area contributed by atoms with Crippen LogP contribution < -0.4 is 5.32 Å². The van der Waals surface area contributed by atoms with Crippen molar-refractivity contribution in [3.05, 3.63) is 0 Å². The Bertz CT molecular complexity index is 234. The molecule has 0 spiro atoms. The number of hydrogen-bond donors (Lipinski definition) is 1. The number of hydrogen-bond acceptors (Lipinski definition) is 2. The van der Waals surface area contributed by atoms with Crippen molar-refractivity contribution in [2.45, 2.75) is 45.6 Å². The Balaban J connectivity index is 2.48. The van der Waals surface area contributed by atoms with Crippen LogP contribution in [0.25, 0.3) is 0 Å². The van der Waals surface area contributed by atoms with E-state index in [4.69, 9.17) is 5.26 Å². The van der Waals surface area contributed by atoms with Crippen LogP contribution in [-0.2, 0) is 4.79 Å². The maximum Gasteiger partial charge on any atom is 0.234 e. The molecule has 0 bridgehead atoms. The van der Waals surface area contributed by atoms with Crippen molar-refractivity contribution in [3.63, 3.8) is 0 Å². The average molecular weight is 194 g/mol. The number of carbonyl (C=O) groups excluding carboxylic acids is 1. The Morgan fingerprint density at radius 2 is 2.00 bits per heavy atom. The summed E-state index contributed by atoms with van der Waals surface area (Å²) >= 11 is 0. The first-order valence-corrected chi connectivity index (χ1v) is 5.31. The SMILES string of the molecule is CC1CCCC(C)C1NC(=O)CC#N. The number of nitrogens with zero attached hydrogens (tertiary/aromatic N) is 1. The van der Waals surface area contributed by atoms with E-state index in [9.17, 15) is 4.79 Å². The van der Waals surface area contributed by atoms with Gasteiger partial charge in [0.1, 0.15) is 6.42 Å². The normalized spacial score (nSPS) is 31.9. The summed E-state index contributed by atoms with van der Waals surface area (Å²) in [5.41, 5.74) is 0. The molecule has 78 valence electrons. The zero-order chi connectivity index (χ0) is 10.6. The van der Waals surface area contributed by atoms with E-state index in [0.29, 0.717) is 11.8 Å². The van der Waals surface area contributed by atoms with Gasteiger partial charge in [-0.25, -0.2) is 0 Å². The molecule has 1 fully saturated rings. The summed E-state index contributed by atoms with van der Waals surface area (Å²) < 4.78 is 0. The van der Waals surface area contributed by atoms with Gasteiger partial charge in [-0.15, -0.1) is 0 Å². The van der Waals surface area contributed by atoms with Crippen LogP contribution in [0, 0.1) is 23.2 Å². The molecule has 0 aromatic heterocycles. The van der Waals surface area contributed by atoms with Gasteiger partial charge in [0.2, 0.25) is 5.91 Å². The van der Waals surface area contributed by atoms with Gasteiger partial charge in [-0.1, -0.05) is 20.3 Å². The number of nitrogens with one attached hydrogen (secondary N) is 1. The van der Waals surface area contributed by atoms with E-state index in [1.54, 1.807) is 0 Å². The summed E-state index contributed by atoms with van der Waals surface area (Å²) in [5.74, 6) is 0.959. The van der Waals surface area contributed by atoms with Crippen LogP contribution in [0.15, 0.2) is 0 Å². The number of nitriles is 1. The van der Waals surface area contributed by atoms with Crippen LogP contribution in [0.3, 0.4) is 0 Å². The molecular weight excluding hydrogens is 176 g/mol. The van der Waals surface area contributed by atoms with Gasteiger partial charge >= 0.3 is 0 Å². The molecule has 0 heterocycles. The topological polar surface area (TPSA) is 52.9 Å². The summed E-state index contributed by atoms with van der Waals surface area (Å²) in [6.45, 7) is 4.35. The minimum atomic E-state index is -0.127. The molecular formula is C11H18N2O. The average Bonchev–Trinajstić information content (AvgIpc) is 2.12. The van der Waals surface area contributed by atoms with E-state index >= 15 is 0 Å². The van der Waals surface area contributed by atoms with E-state index in [-0.39, 0.29) is 18.4 Å². The summed E-state index contributed by atoms with van der Waals surface area (Å²) in [7, 11) is 0. The third kappa shape index (κ3) is 2.73. The zero-order valence-corrected chi connectivity index (χ0v) is 8.92. The smallest absolute Gasteiger partial charge is 0.234 e. The third-order valence-electron chi connectivity index (χ3n) is 3.11. The zero-order valence-electron chi connectivity index (χ0n) is 8.92. The number of rotatable bonds is 2. The molecule has 1 rings (SSSR count). The van der Waals surface area contributed by atoms with Crippen molar-refractivity contribution in [1.82, 2.24) is 5.32 Å². The minimum Gasteiger partial charge on any atom is -0.352 e. The fourth-order valence-electron chi connectivity index (χ4n) is 2.28. The predicted octanol–water partition coefficient (Wildman–Crippen LogP) is 1.84. The minimum absolute atomic E-state index is 0.0179. The van der Waals surface area contributed by atoms with Gasteiger partial charge < -0.3 is 5.32 Å². The summed E-state index contributed by atoms with van der Waals surface area (Å²) in [6, 6.07) is 2.14. The fourth-order valence-corrected chi connectivity index (χ4v) is 2.28. The lowest BCUT2D eigenvalue weighted by Gasteiger charge is -2.34. The molecule has 1 N–H and O–H groups in total. The van der Waals surface area contributed by atoms with Crippen molar-refractivity contribution in [2.75, 3.05) is 0 Å². The van der Waals surface area contributed by atoms with Crippen molar-refractivity contribution in [3.8, 4) is 6.07 Å². The van der Waals surface area contributed by atoms with E-state index in [1.807, 2.05) is 6.07 Å². The van der Waals surface area contributed by atoms with Crippen molar-refractivity contribution in [1.29, 1.82) is 5.26 Å². The van der Waals surface area contributed by atoms with Gasteiger partial charge in [-0.2, -0.15) is 5.26 Å². The van der Waals surface area contributed by atoms with Crippen LogP contribution in [0.1, 0.15) is 39.5 Å². The predicted molar refractivity (Wildman–Crippen MR) is 54.3 cm³/mol. The molecule has 1 saturated carbocycles. The maximum absolute atomic E-state index is 11.3. The number of carbonyl (C=O) groups is 1. The van der Waals surface area contributed by atoms with Gasteiger partial charge in [-0.05, 0) is 24.7 Å². The molecule has 2 atom stereocenters. The van der Waals surface area contributed by atoms with Crippen molar-refractivity contribution >= 4 is 5.91 Å². The second-order valence-electron chi connectivity index (χ2n) is 4.31. The van der Waals surface area contributed by atoms with Crippen molar-refractivity contribution < 1.29 is 4.79 Å². The Morgan fingerprint density at radius 3 is 2.50 bits per heavy atom. The molecule has 2 unspecified atom stereocenters. The van der Waals surface area contributed by atoms with Crippen LogP contribution in [-0.4, -0.2) is 11.9 Å². The molecule has 3 nitrogen and oxygen atoms in total. The Hall–Kier alpha value is -1.04. The molecule has 0 aromatic rings.